The number of carbonyl (C=O) groups is 2. The quantitative estimate of drug-likeness (QED) is 0.684. The Morgan fingerprint density at radius 1 is 1.07 bits per heavy atom. The molecule has 0 heterocycles. The number of benzene rings is 2. The maximum Gasteiger partial charge on any atom is 0.255 e. The van der Waals surface area contributed by atoms with Gasteiger partial charge in [0, 0.05) is 24.2 Å². The molecule has 2 amide bonds. The topological polar surface area (TPSA) is 104 Å². The van der Waals surface area contributed by atoms with E-state index in [2.05, 4.69) is 15.4 Å². The Kier molecular flexibility index (Phi) is 5.50. The minimum Gasteiger partial charge on any atom is -0.326 e. The van der Waals surface area contributed by atoms with Crippen LogP contribution in [0.25, 0.3) is 0 Å². The first-order valence-electron chi connectivity index (χ1n) is 8.25. The molecule has 2 aromatic carbocycles. The van der Waals surface area contributed by atoms with Crippen molar-refractivity contribution in [2.24, 2.45) is 0 Å². The molecular weight excluding hydrogens is 390 g/mol. The van der Waals surface area contributed by atoms with Gasteiger partial charge in [-0.1, -0.05) is 17.7 Å². The van der Waals surface area contributed by atoms with Gasteiger partial charge in [0.25, 0.3) is 5.91 Å². The van der Waals surface area contributed by atoms with Gasteiger partial charge in [-0.05, 0) is 49.2 Å². The van der Waals surface area contributed by atoms with Crippen molar-refractivity contribution in [1.82, 2.24) is 4.72 Å². The number of carbonyl (C=O) groups excluding carboxylic acids is 2. The molecule has 142 valence electrons. The summed E-state index contributed by atoms with van der Waals surface area (Å²) in [5, 5.41) is 5.48. The predicted octanol–water partition coefficient (Wildman–Crippen LogP) is 2.99. The zero-order chi connectivity index (χ0) is 19.6. The fourth-order valence-corrected chi connectivity index (χ4v) is 3.96. The molecule has 1 saturated carbocycles. The smallest absolute Gasteiger partial charge is 0.255 e. The van der Waals surface area contributed by atoms with Crippen LogP contribution >= 0.6 is 11.6 Å². The van der Waals surface area contributed by atoms with E-state index in [4.69, 9.17) is 11.6 Å². The molecule has 27 heavy (non-hydrogen) atoms. The first-order valence-corrected chi connectivity index (χ1v) is 10.1. The molecule has 7 nitrogen and oxygen atoms in total. The average Bonchev–Trinajstić information content (AvgIpc) is 3.40. The van der Waals surface area contributed by atoms with Gasteiger partial charge in [-0.2, -0.15) is 0 Å². The van der Waals surface area contributed by atoms with Crippen LogP contribution in [-0.4, -0.2) is 26.3 Å². The molecule has 0 bridgehead atoms. The van der Waals surface area contributed by atoms with Crippen molar-refractivity contribution >= 4 is 44.8 Å². The van der Waals surface area contributed by atoms with Gasteiger partial charge in [-0.3, -0.25) is 9.59 Å². The van der Waals surface area contributed by atoms with Crippen molar-refractivity contribution < 1.29 is 18.0 Å². The Labute approximate surface area is 162 Å². The van der Waals surface area contributed by atoms with E-state index in [1.165, 1.54) is 37.3 Å². The minimum absolute atomic E-state index is 0.0200. The lowest BCUT2D eigenvalue weighted by Crippen LogP contribution is -2.26. The third kappa shape index (κ3) is 5.06. The van der Waals surface area contributed by atoms with E-state index >= 15 is 0 Å². The van der Waals surface area contributed by atoms with Crippen molar-refractivity contribution in [2.45, 2.75) is 30.7 Å². The monoisotopic (exact) mass is 407 g/mol. The summed E-state index contributed by atoms with van der Waals surface area (Å²) in [5.41, 5.74) is 1.04. The summed E-state index contributed by atoms with van der Waals surface area (Å²) in [4.78, 5) is 23.6. The maximum absolute atomic E-state index is 12.5. The van der Waals surface area contributed by atoms with Crippen LogP contribution in [0.5, 0.6) is 0 Å². The average molecular weight is 408 g/mol. The van der Waals surface area contributed by atoms with Gasteiger partial charge in [0.05, 0.1) is 15.6 Å². The first kappa shape index (κ1) is 19.3. The SMILES string of the molecule is CC(=O)Nc1ccc(NC(=O)c2cccc(S(=O)(=O)NC3CC3)c2)c(Cl)c1. The van der Waals surface area contributed by atoms with Crippen LogP contribution in [0.15, 0.2) is 47.4 Å². The second-order valence-electron chi connectivity index (χ2n) is 6.25. The molecule has 3 N–H and O–H groups in total. The highest BCUT2D eigenvalue weighted by atomic mass is 35.5. The molecule has 2 aromatic rings. The lowest BCUT2D eigenvalue weighted by Gasteiger charge is -2.11. The number of amides is 2. The standard InChI is InChI=1S/C18H18ClN3O4S/c1-11(23)20-14-7-8-17(16(19)10-14)21-18(24)12-3-2-4-15(9-12)27(25,26)22-13-5-6-13/h2-4,7-10,13,22H,5-6H2,1H3,(H,20,23)(H,21,24). The highest BCUT2D eigenvalue weighted by molar-refractivity contribution is 7.89. The van der Waals surface area contributed by atoms with Gasteiger partial charge in [0.2, 0.25) is 15.9 Å². The Bertz CT molecular complexity index is 1000. The summed E-state index contributed by atoms with van der Waals surface area (Å²) in [5.74, 6) is -0.728. The zero-order valence-corrected chi connectivity index (χ0v) is 16.0. The Hall–Kier alpha value is -2.42. The number of hydrogen-bond acceptors (Lipinski definition) is 4. The van der Waals surface area contributed by atoms with E-state index < -0.39 is 15.9 Å². The van der Waals surface area contributed by atoms with Gasteiger partial charge in [-0.15, -0.1) is 0 Å². The van der Waals surface area contributed by atoms with Crippen molar-refractivity contribution in [3.63, 3.8) is 0 Å². The van der Waals surface area contributed by atoms with E-state index in [0.717, 1.165) is 12.8 Å². The Balaban J connectivity index is 1.76. The van der Waals surface area contributed by atoms with Crippen LogP contribution in [0, 0.1) is 0 Å². The highest BCUT2D eigenvalue weighted by Crippen LogP contribution is 2.26. The van der Waals surface area contributed by atoms with Crippen LogP contribution in [0.3, 0.4) is 0 Å². The lowest BCUT2D eigenvalue weighted by molar-refractivity contribution is -0.114. The molecule has 0 aliphatic heterocycles. The van der Waals surface area contributed by atoms with Crippen molar-refractivity contribution in [2.75, 3.05) is 10.6 Å². The van der Waals surface area contributed by atoms with Crippen LogP contribution < -0.4 is 15.4 Å². The molecule has 3 rings (SSSR count). The first-order chi connectivity index (χ1) is 12.7. The molecule has 0 atom stereocenters. The number of sulfonamides is 1. The predicted molar refractivity (Wildman–Crippen MR) is 103 cm³/mol. The molecule has 0 radical (unpaired) electrons. The fraction of sp³-hybridized carbons (Fsp3) is 0.222. The maximum atomic E-state index is 12.5. The van der Waals surface area contributed by atoms with Gasteiger partial charge >= 0.3 is 0 Å². The van der Waals surface area contributed by atoms with Crippen LogP contribution in [0.1, 0.15) is 30.1 Å². The molecule has 0 saturated heterocycles. The minimum atomic E-state index is -3.65. The van der Waals surface area contributed by atoms with Gasteiger partial charge in [0.1, 0.15) is 0 Å². The Morgan fingerprint density at radius 3 is 2.44 bits per heavy atom. The molecular formula is C18H18ClN3O4S. The lowest BCUT2D eigenvalue weighted by atomic mass is 10.2. The van der Waals surface area contributed by atoms with E-state index in [0.29, 0.717) is 11.4 Å². The molecule has 0 aromatic heterocycles. The van der Waals surface area contributed by atoms with Crippen LogP contribution in [0.4, 0.5) is 11.4 Å². The molecule has 1 fully saturated rings. The molecule has 1 aliphatic carbocycles. The summed E-state index contributed by atoms with van der Waals surface area (Å²) in [6, 6.07) is 10.4. The number of nitrogens with one attached hydrogen (secondary N) is 3. The molecule has 0 spiro atoms. The summed E-state index contributed by atoms with van der Waals surface area (Å²) < 4.78 is 27.2. The van der Waals surface area contributed by atoms with Crippen LogP contribution in [0.2, 0.25) is 5.02 Å². The van der Waals surface area contributed by atoms with E-state index in [9.17, 15) is 18.0 Å². The second-order valence-corrected chi connectivity index (χ2v) is 8.37. The van der Waals surface area contributed by atoms with Crippen LogP contribution in [-0.2, 0) is 14.8 Å². The van der Waals surface area contributed by atoms with Gasteiger partial charge < -0.3 is 10.6 Å². The summed E-state index contributed by atoms with van der Waals surface area (Å²) in [7, 11) is -3.65. The highest BCUT2D eigenvalue weighted by Gasteiger charge is 2.28. The van der Waals surface area contributed by atoms with E-state index in [-0.39, 0.29) is 27.4 Å². The third-order valence-electron chi connectivity index (χ3n) is 3.84. The molecule has 9 heteroatoms. The van der Waals surface area contributed by atoms with Gasteiger partial charge in [-0.25, -0.2) is 13.1 Å². The fourth-order valence-electron chi connectivity index (χ4n) is 2.39. The third-order valence-corrected chi connectivity index (χ3v) is 5.67. The largest absolute Gasteiger partial charge is 0.326 e. The summed E-state index contributed by atoms with van der Waals surface area (Å²) in [6.45, 7) is 1.38. The molecule has 1 aliphatic rings. The van der Waals surface area contributed by atoms with E-state index in [1.807, 2.05) is 0 Å². The van der Waals surface area contributed by atoms with Crippen molar-refractivity contribution in [3.05, 3.63) is 53.1 Å². The summed E-state index contributed by atoms with van der Waals surface area (Å²) >= 11 is 6.14. The zero-order valence-electron chi connectivity index (χ0n) is 14.5. The number of rotatable bonds is 6. The molecule has 0 unspecified atom stereocenters. The van der Waals surface area contributed by atoms with Gasteiger partial charge in [0.15, 0.2) is 0 Å². The second kappa shape index (κ2) is 7.67. The Morgan fingerprint density at radius 2 is 1.81 bits per heavy atom. The van der Waals surface area contributed by atoms with Crippen molar-refractivity contribution in [3.8, 4) is 0 Å². The van der Waals surface area contributed by atoms with Crippen molar-refractivity contribution in [1.29, 1.82) is 0 Å². The van der Waals surface area contributed by atoms with E-state index in [1.54, 1.807) is 12.1 Å². The number of hydrogen-bond donors (Lipinski definition) is 3. The number of anilines is 2. The number of halogens is 1. The summed E-state index contributed by atoms with van der Waals surface area (Å²) in [6.07, 6.45) is 1.65. The normalized spacial score (nSPS) is 13.9.